The number of carbonyl (C=O) groups is 2. The van der Waals surface area contributed by atoms with Crippen LogP contribution in [0.2, 0.25) is 0 Å². The van der Waals surface area contributed by atoms with Crippen molar-refractivity contribution in [3.8, 4) is 23.7 Å². The number of hydrogen-bond acceptors (Lipinski definition) is 4. The third-order valence-electron chi connectivity index (χ3n) is 11.1. The predicted molar refractivity (Wildman–Crippen MR) is 196 cm³/mol. The van der Waals surface area contributed by atoms with Gasteiger partial charge in [-0.25, -0.2) is 0 Å². The molecule has 8 rings (SSSR count). The van der Waals surface area contributed by atoms with E-state index in [0.29, 0.717) is 23.9 Å². The number of nitrogens with zero attached hydrogens (tertiary/aromatic N) is 4. The van der Waals surface area contributed by atoms with Gasteiger partial charge in [-0.3, -0.25) is 19.6 Å². The van der Waals surface area contributed by atoms with Crippen LogP contribution in [0.1, 0.15) is 96.8 Å². The first-order chi connectivity index (χ1) is 24.5. The van der Waals surface area contributed by atoms with E-state index in [0.717, 1.165) is 59.3 Å². The number of pyridine rings is 2. The van der Waals surface area contributed by atoms with Crippen LogP contribution in [0.25, 0.3) is 0 Å². The topological polar surface area (TPSA) is 66.4 Å². The highest BCUT2D eigenvalue weighted by molar-refractivity contribution is 5.87. The minimum Gasteiger partial charge on any atom is -0.342 e. The summed E-state index contributed by atoms with van der Waals surface area (Å²) in [6.07, 6.45) is 13.0. The standard InChI is InChI=1S/2C22H22N2O/c2*1-24-20-10-6-5-9-18(20)21(22(24)25)19-14-13-17(15-23-19)12-11-16-7-3-2-4-8-16/h2*2-4,7-8,13-15,18,20-21H,5-6,9-10H2,1H3/t18-,20+,21+;18-,20+,21-/m11/s1. The summed E-state index contributed by atoms with van der Waals surface area (Å²) in [6.45, 7) is 0. The van der Waals surface area contributed by atoms with Gasteiger partial charge in [0.05, 0.1) is 23.2 Å². The highest BCUT2D eigenvalue weighted by Gasteiger charge is 2.49. The minimum absolute atomic E-state index is 0.0774. The van der Waals surface area contributed by atoms with Crippen LogP contribution in [-0.2, 0) is 9.59 Å². The summed E-state index contributed by atoms with van der Waals surface area (Å²) in [6, 6.07) is 28.6. The number of benzene rings is 2. The quantitative estimate of drug-likeness (QED) is 0.214. The second-order valence-electron chi connectivity index (χ2n) is 14.1. The van der Waals surface area contributed by atoms with Crippen molar-refractivity contribution in [1.82, 2.24) is 19.8 Å². The Hall–Kier alpha value is -5.20. The van der Waals surface area contributed by atoms with E-state index in [-0.39, 0.29) is 23.7 Å². The molecule has 50 heavy (non-hydrogen) atoms. The van der Waals surface area contributed by atoms with Crippen molar-refractivity contribution in [2.75, 3.05) is 14.1 Å². The lowest BCUT2D eigenvalue weighted by atomic mass is 9.78. The monoisotopic (exact) mass is 660 g/mol. The summed E-state index contributed by atoms with van der Waals surface area (Å²) in [4.78, 5) is 38.6. The van der Waals surface area contributed by atoms with Crippen molar-refractivity contribution in [3.63, 3.8) is 0 Å². The van der Waals surface area contributed by atoms with Crippen LogP contribution in [-0.4, -0.2) is 57.8 Å². The number of likely N-dealkylation sites (tertiary alicyclic amines) is 2. The SMILES string of the molecule is CN1C(=O)[C@@H](c2ccc(C#Cc3ccccc3)cn2)[C@@H]2CCCC[C@@H]21.CN1C(=O)[C@H](c2ccc(C#Cc3ccccc3)cn2)[C@@H]2CCCC[C@@H]21. The van der Waals surface area contributed by atoms with Gasteiger partial charge in [0, 0.05) is 60.8 Å². The highest BCUT2D eigenvalue weighted by atomic mass is 16.2. The molecule has 6 heteroatoms. The predicted octanol–water partition coefficient (Wildman–Crippen LogP) is 7.19. The maximum absolute atomic E-state index is 12.7. The summed E-state index contributed by atoms with van der Waals surface area (Å²) in [5.74, 6) is 13.7. The van der Waals surface area contributed by atoms with Crippen molar-refractivity contribution < 1.29 is 9.59 Å². The zero-order valence-electron chi connectivity index (χ0n) is 29.0. The molecule has 0 unspecified atom stereocenters. The van der Waals surface area contributed by atoms with Crippen molar-refractivity contribution in [2.45, 2.75) is 75.3 Å². The molecular formula is C44H44N4O2. The lowest BCUT2D eigenvalue weighted by molar-refractivity contribution is -0.129. The van der Waals surface area contributed by atoms with E-state index >= 15 is 0 Å². The van der Waals surface area contributed by atoms with Gasteiger partial charge in [-0.05, 0) is 86.1 Å². The average Bonchev–Trinajstić information content (AvgIpc) is 3.58. The maximum Gasteiger partial charge on any atom is 0.232 e. The van der Waals surface area contributed by atoms with Crippen LogP contribution >= 0.6 is 0 Å². The van der Waals surface area contributed by atoms with Crippen molar-refractivity contribution in [2.24, 2.45) is 11.8 Å². The summed E-state index contributed by atoms with van der Waals surface area (Å²) >= 11 is 0. The Labute approximate surface area is 296 Å². The van der Waals surface area contributed by atoms with Gasteiger partial charge < -0.3 is 9.80 Å². The molecule has 4 aliphatic rings. The van der Waals surface area contributed by atoms with Crippen LogP contribution in [0.3, 0.4) is 0 Å². The second-order valence-corrected chi connectivity index (χ2v) is 14.1. The van der Waals surface area contributed by atoms with Crippen molar-refractivity contribution in [3.05, 3.63) is 131 Å². The van der Waals surface area contributed by atoms with Gasteiger partial charge in [0.2, 0.25) is 11.8 Å². The molecule has 0 radical (unpaired) electrons. The van der Waals surface area contributed by atoms with Gasteiger partial charge >= 0.3 is 0 Å². The lowest BCUT2D eigenvalue weighted by Gasteiger charge is -2.29. The molecular weight excluding hydrogens is 617 g/mol. The fraction of sp³-hybridized carbons (Fsp3) is 0.364. The lowest BCUT2D eigenvalue weighted by Crippen LogP contribution is -2.33. The number of fused-ring (bicyclic) bond motifs is 2. The maximum atomic E-state index is 12.7. The normalized spacial score (nSPS) is 25.2. The molecule has 2 aliphatic heterocycles. The first-order valence-corrected chi connectivity index (χ1v) is 18.1. The summed E-state index contributed by atoms with van der Waals surface area (Å²) in [5, 5.41) is 0. The van der Waals surface area contributed by atoms with E-state index in [9.17, 15) is 9.59 Å². The van der Waals surface area contributed by atoms with E-state index in [1.54, 1.807) is 12.4 Å². The molecule has 0 N–H and O–H groups in total. The number of rotatable bonds is 2. The molecule has 2 aliphatic carbocycles. The smallest absolute Gasteiger partial charge is 0.232 e. The third-order valence-corrected chi connectivity index (χ3v) is 11.1. The number of aromatic nitrogens is 2. The molecule has 2 aromatic carbocycles. The fourth-order valence-electron chi connectivity index (χ4n) is 8.50. The summed E-state index contributed by atoms with van der Waals surface area (Å²) < 4.78 is 0. The van der Waals surface area contributed by atoms with Crippen molar-refractivity contribution >= 4 is 11.8 Å². The van der Waals surface area contributed by atoms with Crippen LogP contribution in [0.4, 0.5) is 0 Å². The molecule has 0 spiro atoms. The molecule has 4 heterocycles. The molecule has 2 saturated carbocycles. The molecule has 4 aromatic rings. The van der Waals surface area contributed by atoms with Crippen LogP contribution in [0, 0.1) is 35.5 Å². The molecule has 6 nitrogen and oxygen atoms in total. The Kier molecular flexibility index (Phi) is 10.1. The Morgan fingerprint density at radius 1 is 0.500 bits per heavy atom. The average molecular weight is 661 g/mol. The van der Waals surface area contributed by atoms with Crippen LogP contribution in [0.15, 0.2) is 97.3 Å². The van der Waals surface area contributed by atoms with E-state index in [4.69, 9.17) is 0 Å². The zero-order valence-corrected chi connectivity index (χ0v) is 29.0. The molecule has 252 valence electrons. The first kappa shape index (κ1) is 33.3. The highest BCUT2D eigenvalue weighted by Crippen LogP contribution is 2.45. The second kappa shape index (κ2) is 15.1. The van der Waals surface area contributed by atoms with E-state index in [1.807, 2.05) is 109 Å². The van der Waals surface area contributed by atoms with Crippen LogP contribution < -0.4 is 0 Å². The van der Waals surface area contributed by atoms with Gasteiger partial charge in [-0.1, -0.05) is 85.8 Å². The van der Waals surface area contributed by atoms with Gasteiger partial charge in [-0.15, -0.1) is 0 Å². The number of hydrogen-bond donors (Lipinski definition) is 0. The zero-order chi connectivity index (χ0) is 34.5. The summed E-state index contributed by atoms with van der Waals surface area (Å²) in [5.41, 5.74) is 5.54. The van der Waals surface area contributed by atoms with Gasteiger partial charge in [-0.2, -0.15) is 0 Å². The Bertz CT molecular complexity index is 1780. The summed E-state index contributed by atoms with van der Waals surface area (Å²) in [7, 11) is 3.90. The van der Waals surface area contributed by atoms with Gasteiger partial charge in [0.25, 0.3) is 0 Å². The molecule has 2 aromatic heterocycles. The third kappa shape index (κ3) is 7.08. The number of likely N-dealkylation sites (N-methyl/N-ethyl adjacent to an activating group) is 2. The van der Waals surface area contributed by atoms with E-state index in [1.165, 1.54) is 25.7 Å². The minimum atomic E-state index is -0.0774. The number of carbonyl (C=O) groups excluding carboxylic acids is 2. The molecule has 4 fully saturated rings. The molecule has 2 saturated heterocycles. The molecule has 6 atom stereocenters. The molecule has 0 bridgehead atoms. The first-order valence-electron chi connectivity index (χ1n) is 18.1. The van der Waals surface area contributed by atoms with E-state index < -0.39 is 0 Å². The number of amides is 2. The molecule has 2 amide bonds. The fourth-order valence-corrected chi connectivity index (χ4v) is 8.50. The van der Waals surface area contributed by atoms with Gasteiger partial charge in [0.1, 0.15) is 0 Å². The van der Waals surface area contributed by atoms with Crippen LogP contribution in [0.5, 0.6) is 0 Å². The van der Waals surface area contributed by atoms with Crippen molar-refractivity contribution in [1.29, 1.82) is 0 Å². The Morgan fingerprint density at radius 2 is 0.880 bits per heavy atom. The Balaban J connectivity index is 0.000000157. The largest absolute Gasteiger partial charge is 0.342 e. The Morgan fingerprint density at radius 3 is 1.26 bits per heavy atom. The van der Waals surface area contributed by atoms with E-state index in [2.05, 4.69) is 33.6 Å². The van der Waals surface area contributed by atoms with Gasteiger partial charge in [0.15, 0.2) is 0 Å².